The molecule has 1 amide bonds. The Hall–Kier alpha value is -4.39. The summed E-state index contributed by atoms with van der Waals surface area (Å²) in [5.41, 5.74) is 3.74. The second kappa shape index (κ2) is 9.23. The highest BCUT2D eigenvalue weighted by molar-refractivity contribution is 6.02. The van der Waals surface area contributed by atoms with Crippen LogP contribution in [-0.4, -0.2) is 25.5 Å². The number of nitrogens with one attached hydrogen (secondary N) is 1. The van der Waals surface area contributed by atoms with E-state index in [1.165, 1.54) is 16.3 Å². The molecular weight excluding hydrogens is 426 g/mol. The normalized spacial score (nSPS) is 11.0. The topological polar surface area (TPSA) is 74.0 Å². The van der Waals surface area contributed by atoms with Gasteiger partial charge in [0.05, 0.1) is 6.54 Å². The molecule has 7 nitrogen and oxygen atoms in total. The molecule has 0 bridgehead atoms. The maximum absolute atomic E-state index is 12.7. The second-order valence-corrected chi connectivity index (χ2v) is 8.33. The highest BCUT2D eigenvalue weighted by Gasteiger charge is 2.12. The Kier molecular flexibility index (Phi) is 5.82. The zero-order chi connectivity index (χ0) is 23.5. The van der Waals surface area contributed by atoms with E-state index >= 15 is 0 Å². The van der Waals surface area contributed by atoms with Crippen molar-refractivity contribution in [2.24, 2.45) is 0 Å². The van der Waals surface area contributed by atoms with Crippen molar-refractivity contribution in [1.82, 2.24) is 19.6 Å². The number of aromatic nitrogens is 4. The molecule has 0 aliphatic carbocycles. The predicted molar refractivity (Wildman–Crippen MR) is 132 cm³/mol. The Balaban J connectivity index is 1.21. The first-order chi connectivity index (χ1) is 16.5. The average Bonchev–Trinajstić information content (AvgIpc) is 3.47. The molecule has 3 aromatic carbocycles. The molecule has 2 aromatic heterocycles. The second-order valence-electron chi connectivity index (χ2n) is 8.33. The molecule has 0 atom stereocenters. The van der Waals surface area contributed by atoms with Crippen LogP contribution in [0.4, 0.5) is 5.82 Å². The molecule has 7 heteroatoms. The smallest absolute Gasteiger partial charge is 0.277 e. The van der Waals surface area contributed by atoms with Crippen molar-refractivity contribution < 1.29 is 9.53 Å². The van der Waals surface area contributed by atoms with Crippen LogP contribution in [0.2, 0.25) is 0 Å². The number of anilines is 1. The summed E-state index contributed by atoms with van der Waals surface area (Å²) in [6, 6.07) is 24.0. The number of amides is 1. The van der Waals surface area contributed by atoms with Gasteiger partial charge < -0.3 is 10.1 Å². The van der Waals surface area contributed by atoms with E-state index in [9.17, 15) is 4.79 Å². The molecule has 170 valence electrons. The lowest BCUT2D eigenvalue weighted by molar-refractivity contribution is 0.101. The standard InChI is InChI=1S/C27H25N5O2/c1-19-14-20(2)16-23(15-19)34-18-32-12-10-25(29-32)27(33)28-26-11-13-31(30-26)17-22-8-5-7-21-6-3-4-9-24(21)22/h3-16H,17-18H2,1-2H3,(H,28,30,33). The summed E-state index contributed by atoms with van der Waals surface area (Å²) in [6.07, 6.45) is 3.57. The Morgan fingerprint density at radius 1 is 0.882 bits per heavy atom. The Morgan fingerprint density at radius 2 is 1.65 bits per heavy atom. The number of carbonyl (C=O) groups excluding carboxylic acids is 1. The number of hydrogen-bond acceptors (Lipinski definition) is 4. The van der Waals surface area contributed by atoms with Crippen LogP contribution in [0, 0.1) is 13.8 Å². The third-order valence-electron chi connectivity index (χ3n) is 5.53. The molecule has 0 unspecified atom stereocenters. The minimum atomic E-state index is -0.319. The van der Waals surface area contributed by atoms with Gasteiger partial charge in [0, 0.05) is 18.5 Å². The van der Waals surface area contributed by atoms with Crippen LogP contribution in [-0.2, 0) is 13.3 Å². The van der Waals surface area contributed by atoms with Crippen molar-refractivity contribution in [2.45, 2.75) is 27.1 Å². The number of hydrogen-bond donors (Lipinski definition) is 1. The van der Waals surface area contributed by atoms with Crippen LogP contribution < -0.4 is 10.1 Å². The number of nitrogens with zero attached hydrogens (tertiary/aromatic N) is 4. The van der Waals surface area contributed by atoms with Gasteiger partial charge in [-0.1, -0.05) is 48.5 Å². The molecule has 0 aliphatic rings. The molecule has 2 heterocycles. The molecular formula is C27H25N5O2. The highest BCUT2D eigenvalue weighted by Crippen LogP contribution is 2.20. The summed E-state index contributed by atoms with van der Waals surface area (Å²) in [7, 11) is 0. The summed E-state index contributed by atoms with van der Waals surface area (Å²) in [4.78, 5) is 12.7. The van der Waals surface area contributed by atoms with Gasteiger partial charge in [0.25, 0.3) is 5.91 Å². The van der Waals surface area contributed by atoms with Gasteiger partial charge in [-0.25, -0.2) is 4.68 Å². The average molecular weight is 452 g/mol. The van der Waals surface area contributed by atoms with Gasteiger partial charge >= 0.3 is 0 Å². The lowest BCUT2D eigenvalue weighted by Crippen LogP contribution is -2.15. The van der Waals surface area contributed by atoms with E-state index in [2.05, 4.69) is 45.8 Å². The van der Waals surface area contributed by atoms with Crippen LogP contribution in [0.5, 0.6) is 5.75 Å². The van der Waals surface area contributed by atoms with Crippen molar-refractivity contribution in [1.29, 1.82) is 0 Å². The Morgan fingerprint density at radius 3 is 2.50 bits per heavy atom. The summed E-state index contributed by atoms with van der Waals surface area (Å²) >= 11 is 0. The largest absolute Gasteiger partial charge is 0.471 e. The molecule has 0 aliphatic heterocycles. The van der Waals surface area contributed by atoms with E-state index in [4.69, 9.17) is 4.74 Å². The quantitative estimate of drug-likeness (QED) is 0.370. The Labute approximate surface area is 197 Å². The first-order valence-electron chi connectivity index (χ1n) is 11.1. The van der Waals surface area contributed by atoms with E-state index in [0.717, 1.165) is 16.9 Å². The van der Waals surface area contributed by atoms with Crippen molar-refractivity contribution in [3.8, 4) is 5.75 Å². The highest BCUT2D eigenvalue weighted by atomic mass is 16.5. The van der Waals surface area contributed by atoms with Gasteiger partial charge in [0.15, 0.2) is 18.2 Å². The van der Waals surface area contributed by atoms with E-state index in [-0.39, 0.29) is 12.6 Å². The van der Waals surface area contributed by atoms with Crippen molar-refractivity contribution in [3.05, 3.63) is 108 Å². The minimum Gasteiger partial charge on any atom is -0.471 e. The summed E-state index contributed by atoms with van der Waals surface area (Å²) in [5, 5.41) is 14.0. The fourth-order valence-electron chi connectivity index (χ4n) is 4.01. The first-order valence-corrected chi connectivity index (χ1v) is 11.1. The number of carbonyl (C=O) groups is 1. The van der Waals surface area contributed by atoms with Crippen LogP contribution >= 0.6 is 0 Å². The Bertz CT molecular complexity index is 1440. The number of ether oxygens (including phenoxy) is 1. The number of benzene rings is 3. The lowest BCUT2D eigenvalue weighted by atomic mass is 10.0. The van der Waals surface area contributed by atoms with E-state index in [1.54, 1.807) is 23.0 Å². The fraction of sp³-hybridized carbons (Fsp3) is 0.148. The molecule has 0 spiro atoms. The maximum Gasteiger partial charge on any atom is 0.277 e. The number of fused-ring (bicyclic) bond motifs is 1. The summed E-state index contributed by atoms with van der Waals surface area (Å²) in [6.45, 7) is 4.89. The molecule has 0 fully saturated rings. The van der Waals surface area contributed by atoms with Crippen molar-refractivity contribution >= 4 is 22.5 Å². The van der Waals surface area contributed by atoms with Gasteiger partial charge in [0.2, 0.25) is 0 Å². The molecule has 5 rings (SSSR count). The maximum atomic E-state index is 12.7. The fourth-order valence-corrected chi connectivity index (χ4v) is 4.01. The van der Waals surface area contributed by atoms with E-state index in [1.807, 2.05) is 55.1 Å². The SMILES string of the molecule is Cc1cc(C)cc(OCn2ccc(C(=O)Nc3ccn(Cc4cccc5ccccc45)n3)n2)c1. The summed E-state index contributed by atoms with van der Waals surface area (Å²) < 4.78 is 9.21. The minimum absolute atomic E-state index is 0.218. The van der Waals surface area contributed by atoms with Crippen LogP contribution in [0.1, 0.15) is 27.2 Å². The van der Waals surface area contributed by atoms with E-state index < -0.39 is 0 Å². The lowest BCUT2D eigenvalue weighted by Gasteiger charge is -2.08. The third-order valence-corrected chi connectivity index (χ3v) is 5.53. The van der Waals surface area contributed by atoms with Crippen molar-refractivity contribution in [2.75, 3.05) is 5.32 Å². The molecule has 0 radical (unpaired) electrons. The molecule has 0 saturated heterocycles. The molecule has 1 N–H and O–H groups in total. The monoisotopic (exact) mass is 451 g/mol. The van der Waals surface area contributed by atoms with Crippen LogP contribution in [0.3, 0.4) is 0 Å². The molecule has 5 aromatic rings. The van der Waals surface area contributed by atoms with Gasteiger partial charge in [-0.3, -0.25) is 9.48 Å². The van der Waals surface area contributed by atoms with E-state index in [0.29, 0.717) is 18.1 Å². The van der Waals surface area contributed by atoms with Crippen LogP contribution in [0.15, 0.2) is 85.2 Å². The third kappa shape index (κ3) is 4.83. The number of rotatable bonds is 7. The first kappa shape index (κ1) is 21.5. The summed E-state index contributed by atoms with van der Waals surface area (Å²) in [5.74, 6) is 0.933. The zero-order valence-electron chi connectivity index (χ0n) is 19.1. The molecule has 0 saturated carbocycles. The van der Waals surface area contributed by atoms with Gasteiger partial charge in [-0.2, -0.15) is 10.2 Å². The molecule has 34 heavy (non-hydrogen) atoms. The number of aryl methyl sites for hydroxylation is 2. The van der Waals surface area contributed by atoms with Gasteiger partial charge in [-0.15, -0.1) is 0 Å². The van der Waals surface area contributed by atoms with Crippen LogP contribution in [0.25, 0.3) is 10.8 Å². The van der Waals surface area contributed by atoms with Crippen molar-refractivity contribution in [3.63, 3.8) is 0 Å². The predicted octanol–water partition coefficient (Wildman–Crippen LogP) is 5.19. The zero-order valence-corrected chi connectivity index (χ0v) is 19.1. The van der Waals surface area contributed by atoms with Gasteiger partial charge in [-0.05, 0) is 59.5 Å². The van der Waals surface area contributed by atoms with Gasteiger partial charge in [0.1, 0.15) is 5.75 Å².